The molecule has 1 aromatic carbocycles. The minimum absolute atomic E-state index is 0.0104. The van der Waals surface area contributed by atoms with E-state index in [1.165, 1.54) is 0 Å². The lowest BCUT2D eigenvalue weighted by Gasteiger charge is -2.16. The first kappa shape index (κ1) is 19.6. The van der Waals surface area contributed by atoms with Crippen LogP contribution in [0.25, 0.3) is 11.6 Å². The monoisotopic (exact) mass is 351 g/mol. The topological polar surface area (TPSA) is 48.4 Å². The molecule has 0 aliphatic rings. The van der Waals surface area contributed by atoms with Crippen molar-refractivity contribution < 1.29 is 14.3 Å². The Morgan fingerprint density at radius 3 is 2.58 bits per heavy atom. The Morgan fingerprint density at radius 1 is 1.15 bits per heavy atom. The van der Waals surface area contributed by atoms with Crippen LogP contribution in [0.3, 0.4) is 0 Å². The first-order chi connectivity index (χ1) is 12.5. The summed E-state index contributed by atoms with van der Waals surface area (Å²) in [5, 5.41) is 0. The highest BCUT2D eigenvalue weighted by Gasteiger charge is 2.24. The van der Waals surface area contributed by atoms with Crippen molar-refractivity contribution in [3.8, 4) is 5.75 Å². The summed E-state index contributed by atoms with van der Waals surface area (Å²) in [6.07, 6.45) is 5.55. The molecule has 4 nitrogen and oxygen atoms in total. The van der Waals surface area contributed by atoms with Gasteiger partial charge in [-0.3, -0.25) is 9.78 Å². The number of ketones is 1. The third-order valence-electron chi connectivity index (χ3n) is 4.33. The Labute approximate surface area is 155 Å². The third kappa shape index (κ3) is 4.46. The molecule has 2 rings (SSSR count). The molecular formula is C22H25NO3. The molecule has 0 fully saturated rings. The van der Waals surface area contributed by atoms with Crippen LogP contribution >= 0.6 is 0 Å². The number of methoxy groups -OCH3 is 2. The van der Waals surface area contributed by atoms with Gasteiger partial charge in [-0.2, -0.15) is 0 Å². The second-order valence-corrected chi connectivity index (χ2v) is 6.04. The van der Waals surface area contributed by atoms with Crippen molar-refractivity contribution in [2.24, 2.45) is 0 Å². The molecule has 0 radical (unpaired) electrons. The van der Waals surface area contributed by atoms with Crippen LogP contribution in [0.15, 0.2) is 55.3 Å². The molecule has 0 aliphatic carbocycles. The van der Waals surface area contributed by atoms with Crippen molar-refractivity contribution in [2.45, 2.75) is 25.9 Å². The van der Waals surface area contributed by atoms with E-state index in [0.717, 1.165) is 11.1 Å². The molecule has 136 valence electrons. The summed E-state index contributed by atoms with van der Waals surface area (Å²) < 4.78 is 10.6. The molecule has 0 saturated heterocycles. The van der Waals surface area contributed by atoms with Gasteiger partial charge in [0.1, 0.15) is 5.75 Å². The lowest BCUT2D eigenvalue weighted by atomic mass is 9.89. The molecule has 1 aromatic heterocycles. The van der Waals surface area contributed by atoms with Crippen LogP contribution in [0.5, 0.6) is 5.75 Å². The summed E-state index contributed by atoms with van der Waals surface area (Å²) in [7, 11) is 3.23. The van der Waals surface area contributed by atoms with Crippen LogP contribution < -0.4 is 4.74 Å². The van der Waals surface area contributed by atoms with E-state index in [4.69, 9.17) is 9.47 Å². The Kier molecular flexibility index (Phi) is 6.87. The number of hydrogen-bond donors (Lipinski definition) is 0. The minimum atomic E-state index is -0.450. The van der Waals surface area contributed by atoms with Gasteiger partial charge in [-0.25, -0.2) is 0 Å². The van der Waals surface area contributed by atoms with E-state index in [1.807, 2.05) is 50.3 Å². The van der Waals surface area contributed by atoms with Gasteiger partial charge in [-0.1, -0.05) is 43.0 Å². The van der Waals surface area contributed by atoms with Crippen LogP contribution in [0.1, 0.15) is 36.6 Å². The van der Waals surface area contributed by atoms with Crippen molar-refractivity contribution in [1.29, 1.82) is 0 Å². The Balaban J connectivity index is 2.31. The Morgan fingerprint density at radius 2 is 1.88 bits per heavy atom. The van der Waals surface area contributed by atoms with E-state index in [2.05, 4.69) is 11.6 Å². The van der Waals surface area contributed by atoms with Crippen LogP contribution in [0, 0.1) is 0 Å². The maximum atomic E-state index is 13.0. The number of carbonyl (C=O) groups is 1. The van der Waals surface area contributed by atoms with Crippen LogP contribution in [-0.2, 0) is 9.53 Å². The SMILES string of the molecule is C=C(C(=O)C(C)c1ncccc1OC)c1ccccc1/C=C\C(C)OC. The molecule has 0 N–H and O–H groups in total. The van der Waals surface area contributed by atoms with Gasteiger partial charge in [-0.15, -0.1) is 0 Å². The first-order valence-corrected chi connectivity index (χ1v) is 8.52. The number of Topliss-reactive ketones (excluding diaryl/α,β-unsaturated/α-hetero) is 1. The highest BCUT2D eigenvalue weighted by molar-refractivity contribution is 6.23. The smallest absolute Gasteiger partial charge is 0.171 e. The summed E-state index contributed by atoms with van der Waals surface area (Å²) >= 11 is 0. The number of hydrogen-bond acceptors (Lipinski definition) is 4. The fourth-order valence-corrected chi connectivity index (χ4v) is 2.65. The average Bonchev–Trinajstić information content (AvgIpc) is 2.70. The predicted molar refractivity (Wildman–Crippen MR) is 105 cm³/mol. The number of allylic oxidation sites excluding steroid dienone is 1. The number of carbonyl (C=O) groups excluding carboxylic acids is 1. The average molecular weight is 351 g/mol. The van der Waals surface area contributed by atoms with Gasteiger partial charge in [0.05, 0.1) is 24.8 Å². The Hall–Kier alpha value is -2.72. The summed E-state index contributed by atoms with van der Waals surface area (Å²) in [4.78, 5) is 17.3. The summed E-state index contributed by atoms with van der Waals surface area (Å²) in [5.41, 5.74) is 2.80. The van der Waals surface area contributed by atoms with Crippen LogP contribution in [0.2, 0.25) is 0 Å². The van der Waals surface area contributed by atoms with Gasteiger partial charge in [0.25, 0.3) is 0 Å². The van der Waals surface area contributed by atoms with Gasteiger partial charge in [-0.05, 0) is 37.1 Å². The number of nitrogens with zero attached hydrogens (tertiary/aromatic N) is 1. The number of aromatic nitrogens is 1. The molecule has 0 bridgehead atoms. The van der Waals surface area contributed by atoms with Gasteiger partial charge in [0.15, 0.2) is 5.78 Å². The maximum Gasteiger partial charge on any atom is 0.171 e. The molecule has 0 amide bonds. The largest absolute Gasteiger partial charge is 0.495 e. The molecule has 0 aliphatic heterocycles. The predicted octanol–water partition coefficient (Wildman–Crippen LogP) is 4.52. The van der Waals surface area contributed by atoms with E-state index in [-0.39, 0.29) is 11.9 Å². The van der Waals surface area contributed by atoms with Gasteiger partial charge in [0.2, 0.25) is 0 Å². The van der Waals surface area contributed by atoms with Gasteiger partial charge >= 0.3 is 0 Å². The standard InChI is InChI=1S/C22H25NO3/c1-15(25-4)12-13-18-9-6-7-10-19(18)16(2)22(24)17(3)21-20(26-5)11-8-14-23-21/h6-15,17H,2H2,1,3-5H3/b13-12-. The van der Waals surface area contributed by atoms with Crippen LogP contribution in [-0.4, -0.2) is 31.1 Å². The van der Waals surface area contributed by atoms with E-state index in [9.17, 15) is 4.79 Å². The lowest BCUT2D eigenvalue weighted by molar-refractivity contribution is -0.114. The third-order valence-corrected chi connectivity index (χ3v) is 4.33. The number of ether oxygens (including phenoxy) is 2. The van der Waals surface area contributed by atoms with Crippen molar-refractivity contribution >= 4 is 17.4 Å². The molecule has 4 heteroatoms. The lowest BCUT2D eigenvalue weighted by Crippen LogP contribution is -2.13. The van der Waals surface area contributed by atoms with Gasteiger partial charge in [0, 0.05) is 18.9 Å². The van der Waals surface area contributed by atoms with Crippen LogP contribution in [0.4, 0.5) is 0 Å². The van der Waals surface area contributed by atoms with E-state index in [1.54, 1.807) is 32.5 Å². The maximum absolute atomic E-state index is 13.0. The van der Waals surface area contributed by atoms with Gasteiger partial charge < -0.3 is 9.47 Å². The fourth-order valence-electron chi connectivity index (χ4n) is 2.65. The Bertz CT molecular complexity index is 811. The molecule has 0 spiro atoms. The quantitative estimate of drug-likeness (QED) is 0.656. The molecule has 0 saturated carbocycles. The van der Waals surface area contributed by atoms with E-state index >= 15 is 0 Å². The molecule has 2 unspecified atom stereocenters. The normalized spacial score (nSPS) is 13.4. The molecule has 2 atom stereocenters. The summed E-state index contributed by atoms with van der Waals surface area (Å²) in [6.45, 7) is 7.83. The zero-order valence-corrected chi connectivity index (χ0v) is 15.7. The molecule has 1 heterocycles. The van der Waals surface area contributed by atoms with Crippen molar-refractivity contribution in [3.05, 3.63) is 72.1 Å². The number of benzene rings is 1. The zero-order chi connectivity index (χ0) is 19.1. The van der Waals surface area contributed by atoms with Crippen molar-refractivity contribution in [1.82, 2.24) is 4.98 Å². The summed E-state index contributed by atoms with van der Waals surface area (Å²) in [5.74, 6) is 0.0690. The second-order valence-electron chi connectivity index (χ2n) is 6.04. The number of rotatable bonds is 8. The molecule has 26 heavy (non-hydrogen) atoms. The number of pyridine rings is 1. The highest BCUT2D eigenvalue weighted by atomic mass is 16.5. The minimum Gasteiger partial charge on any atom is -0.495 e. The van der Waals surface area contributed by atoms with E-state index < -0.39 is 5.92 Å². The fraction of sp³-hybridized carbons (Fsp3) is 0.273. The van der Waals surface area contributed by atoms with Crippen molar-refractivity contribution in [3.63, 3.8) is 0 Å². The first-order valence-electron chi connectivity index (χ1n) is 8.52. The highest BCUT2D eigenvalue weighted by Crippen LogP contribution is 2.30. The second kappa shape index (κ2) is 9.11. The zero-order valence-electron chi connectivity index (χ0n) is 15.7. The molecular weight excluding hydrogens is 326 g/mol. The van der Waals surface area contributed by atoms with E-state index in [0.29, 0.717) is 17.0 Å². The summed E-state index contributed by atoms with van der Waals surface area (Å²) in [6, 6.07) is 11.3. The molecule has 2 aromatic rings. The van der Waals surface area contributed by atoms with Crippen molar-refractivity contribution in [2.75, 3.05) is 14.2 Å².